The molecule has 0 atom stereocenters. The van der Waals surface area contributed by atoms with E-state index >= 15 is 0 Å². The molecule has 8 heteroatoms. The molecule has 1 amide bonds. The minimum Gasteiger partial charge on any atom is -0.365 e. The molecule has 1 aromatic carbocycles. The Hall–Kier alpha value is -2.93. The van der Waals surface area contributed by atoms with Crippen molar-refractivity contribution in [1.82, 2.24) is 25.1 Å². The van der Waals surface area contributed by atoms with Crippen LogP contribution in [0.5, 0.6) is 0 Å². The van der Waals surface area contributed by atoms with E-state index in [1.807, 2.05) is 18.2 Å². The number of primary amides is 1. The number of hydrogen-bond acceptors (Lipinski definition) is 4. The molecule has 0 spiro atoms. The van der Waals surface area contributed by atoms with Gasteiger partial charge in [0.05, 0.1) is 28.7 Å². The Morgan fingerprint density at radius 3 is 2.88 bits per heavy atom. The topological polar surface area (TPSA) is 113 Å². The molecule has 0 bridgehead atoms. The highest BCUT2D eigenvalue weighted by Gasteiger charge is 2.18. The summed E-state index contributed by atoms with van der Waals surface area (Å²) < 4.78 is 0. The van der Waals surface area contributed by atoms with E-state index in [0.29, 0.717) is 16.7 Å². The minimum absolute atomic E-state index is 0. The summed E-state index contributed by atoms with van der Waals surface area (Å²) in [5, 5.41) is 8.16. The van der Waals surface area contributed by atoms with Gasteiger partial charge in [0.15, 0.2) is 5.65 Å². The number of nitrogens with one attached hydrogen (secondary N) is 2. The quantitative estimate of drug-likeness (QED) is 0.499. The molecule has 0 radical (unpaired) electrons. The molecular formula is C18H19ClN6O. The van der Waals surface area contributed by atoms with Crippen molar-refractivity contribution in [3.8, 4) is 11.3 Å². The number of H-pyrrole nitrogens is 2. The number of aryl methyl sites for hydroxylation is 1. The monoisotopic (exact) mass is 370 g/mol. The van der Waals surface area contributed by atoms with Crippen LogP contribution >= 0.6 is 12.4 Å². The molecule has 134 valence electrons. The van der Waals surface area contributed by atoms with Crippen molar-refractivity contribution < 1.29 is 4.79 Å². The van der Waals surface area contributed by atoms with Gasteiger partial charge < -0.3 is 10.7 Å². The van der Waals surface area contributed by atoms with Crippen molar-refractivity contribution in [2.45, 2.75) is 26.2 Å². The Bertz CT molecular complexity index is 1080. The summed E-state index contributed by atoms with van der Waals surface area (Å²) >= 11 is 0. The predicted molar refractivity (Wildman–Crippen MR) is 103 cm³/mol. The fourth-order valence-corrected chi connectivity index (χ4v) is 3.06. The number of aromatic amines is 2. The van der Waals surface area contributed by atoms with Crippen molar-refractivity contribution in [1.29, 1.82) is 0 Å². The van der Waals surface area contributed by atoms with Crippen LogP contribution in [-0.4, -0.2) is 31.1 Å². The van der Waals surface area contributed by atoms with Crippen LogP contribution in [0.3, 0.4) is 0 Å². The average Bonchev–Trinajstić information content (AvgIpc) is 3.25. The van der Waals surface area contributed by atoms with Gasteiger partial charge in [0.2, 0.25) is 0 Å². The number of unbranched alkanes of at least 4 members (excludes halogenated alkanes) is 1. The lowest BCUT2D eigenvalue weighted by molar-refractivity contribution is 0.100. The maximum Gasteiger partial charge on any atom is 0.252 e. The molecule has 4 rings (SSSR count). The Morgan fingerprint density at radius 2 is 2.12 bits per heavy atom. The van der Waals surface area contributed by atoms with E-state index in [4.69, 9.17) is 15.7 Å². The van der Waals surface area contributed by atoms with Crippen LogP contribution in [0.15, 0.2) is 30.6 Å². The third-order valence-electron chi connectivity index (χ3n) is 4.34. The zero-order chi connectivity index (χ0) is 17.4. The number of carbonyl (C=O) groups excluding carboxylic acids is 1. The van der Waals surface area contributed by atoms with Gasteiger partial charge in [0, 0.05) is 17.1 Å². The summed E-state index contributed by atoms with van der Waals surface area (Å²) in [6.45, 7) is 2.14. The normalized spacial score (nSPS) is 11.0. The summed E-state index contributed by atoms with van der Waals surface area (Å²) in [6.07, 6.45) is 6.23. The molecular weight excluding hydrogens is 352 g/mol. The smallest absolute Gasteiger partial charge is 0.252 e. The van der Waals surface area contributed by atoms with Crippen molar-refractivity contribution in [3.05, 3.63) is 41.9 Å². The first-order valence-electron chi connectivity index (χ1n) is 8.29. The molecule has 4 N–H and O–H groups in total. The van der Waals surface area contributed by atoms with Gasteiger partial charge in [-0.3, -0.25) is 9.89 Å². The zero-order valence-electron chi connectivity index (χ0n) is 14.2. The number of carbonyl (C=O) groups is 1. The maximum atomic E-state index is 11.7. The first kappa shape index (κ1) is 17.9. The SMILES string of the molecule is CCCCc1nc2[nH]cc(C(N)=O)c2nc1-c1cccc2cn[nH]c12.Cl. The van der Waals surface area contributed by atoms with Crippen LogP contribution in [0.2, 0.25) is 0 Å². The van der Waals surface area contributed by atoms with E-state index in [0.717, 1.165) is 47.1 Å². The number of hydrogen-bond donors (Lipinski definition) is 3. The van der Waals surface area contributed by atoms with Gasteiger partial charge in [0.25, 0.3) is 5.91 Å². The van der Waals surface area contributed by atoms with Crippen molar-refractivity contribution >= 4 is 40.4 Å². The fourth-order valence-electron chi connectivity index (χ4n) is 3.06. The molecule has 3 heterocycles. The summed E-state index contributed by atoms with van der Waals surface area (Å²) in [7, 11) is 0. The lowest BCUT2D eigenvalue weighted by atomic mass is 10.0. The number of fused-ring (bicyclic) bond motifs is 2. The van der Waals surface area contributed by atoms with Crippen LogP contribution in [0.1, 0.15) is 35.8 Å². The summed E-state index contributed by atoms with van der Waals surface area (Å²) in [5.74, 6) is -0.521. The van der Waals surface area contributed by atoms with Crippen LogP contribution in [0.4, 0.5) is 0 Å². The fraction of sp³-hybridized carbons (Fsp3) is 0.222. The second-order valence-corrected chi connectivity index (χ2v) is 6.03. The number of halogens is 1. The predicted octanol–water partition coefficient (Wildman–Crippen LogP) is 3.36. The maximum absolute atomic E-state index is 11.7. The van der Waals surface area contributed by atoms with E-state index in [9.17, 15) is 4.79 Å². The first-order valence-corrected chi connectivity index (χ1v) is 8.29. The number of nitrogens with zero attached hydrogens (tertiary/aromatic N) is 3. The van der Waals surface area contributed by atoms with E-state index < -0.39 is 5.91 Å². The average molecular weight is 371 g/mol. The second-order valence-electron chi connectivity index (χ2n) is 6.03. The van der Waals surface area contributed by atoms with Crippen LogP contribution < -0.4 is 5.73 Å². The van der Waals surface area contributed by atoms with Gasteiger partial charge in [-0.15, -0.1) is 12.4 Å². The second kappa shape index (κ2) is 7.13. The lowest BCUT2D eigenvalue weighted by Crippen LogP contribution is -2.11. The molecule has 26 heavy (non-hydrogen) atoms. The number of aromatic nitrogens is 5. The van der Waals surface area contributed by atoms with Gasteiger partial charge >= 0.3 is 0 Å². The largest absolute Gasteiger partial charge is 0.365 e. The molecule has 0 aliphatic rings. The molecule has 0 saturated carbocycles. The molecule has 0 aliphatic carbocycles. The number of benzene rings is 1. The molecule has 3 aromatic heterocycles. The Labute approximate surface area is 155 Å². The third kappa shape index (κ3) is 2.90. The highest BCUT2D eigenvalue weighted by molar-refractivity contribution is 6.04. The van der Waals surface area contributed by atoms with E-state index in [2.05, 4.69) is 22.1 Å². The van der Waals surface area contributed by atoms with Crippen molar-refractivity contribution in [3.63, 3.8) is 0 Å². The molecule has 0 aliphatic heterocycles. The molecule has 7 nitrogen and oxygen atoms in total. The summed E-state index contributed by atoms with van der Waals surface area (Å²) in [6, 6.07) is 5.95. The van der Waals surface area contributed by atoms with Crippen molar-refractivity contribution in [2.24, 2.45) is 5.73 Å². The zero-order valence-corrected chi connectivity index (χ0v) is 15.1. The Kier molecular flexibility index (Phi) is 4.90. The van der Waals surface area contributed by atoms with Gasteiger partial charge in [-0.25, -0.2) is 9.97 Å². The van der Waals surface area contributed by atoms with Gasteiger partial charge in [-0.2, -0.15) is 5.10 Å². The number of para-hydroxylation sites is 1. The van der Waals surface area contributed by atoms with E-state index in [1.54, 1.807) is 12.4 Å². The summed E-state index contributed by atoms with van der Waals surface area (Å²) in [5.41, 5.74) is 10.4. The highest BCUT2D eigenvalue weighted by Crippen LogP contribution is 2.30. The third-order valence-corrected chi connectivity index (χ3v) is 4.34. The van der Waals surface area contributed by atoms with Crippen LogP contribution in [-0.2, 0) is 6.42 Å². The number of nitrogens with two attached hydrogens (primary N) is 1. The number of rotatable bonds is 5. The van der Waals surface area contributed by atoms with E-state index in [-0.39, 0.29) is 12.4 Å². The van der Waals surface area contributed by atoms with E-state index in [1.165, 1.54) is 0 Å². The summed E-state index contributed by atoms with van der Waals surface area (Å²) in [4.78, 5) is 24.2. The Balaban J connectivity index is 0.00000196. The van der Waals surface area contributed by atoms with Gasteiger partial charge in [-0.05, 0) is 12.8 Å². The standard InChI is InChI=1S/C18H18N6O.ClH/c1-2-3-7-13-15(11-6-4-5-10-8-21-24-14(10)11)23-16-12(17(19)25)9-20-18(16)22-13;/h4-6,8-9H,2-3,7H2,1H3,(H2,19,25)(H,20,22)(H,21,24);1H. The molecule has 0 unspecified atom stereocenters. The highest BCUT2D eigenvalue weighted by atomic mass is 35.5. The van der Waals surface area contributed by atoms with Gasteiger partial charge in [-0.1, -0.05) is 31.5 Å². The first-order chi connectivity index (χ1) is 12.2. The van der Waals surface area contributed by atoms with Crippen molar-refractivity contribution in [2.75, 3.05) is 0 Å². The molecule has 0 fully saturated rings. The van der Waals surface area contributed by atoms with Crippen LogP contribution in [0, 0.1) is 0 Å². The minimum atomic E-state index is -0.521. The number of amides is 1. The van der Waals surface area contributed by atoms with Crippen LogP contribution in [0.25, 0.3) is 33.3 Å². The van der Waals surface area contributed by atoms with Gasteiger partial charge in [0.1, 0.15) is 5.52 Å². The lowest BCUT2D eigenvalue weighted by Gasteiger charge is -2.09. The Morgan fingerprint density at radius 1 is 1.27 bits per heavy atom. The molecule has 4 aromatic rings. The molecule has 0 saturated heterocycles.